The van der Waals surface area contributed by atoms with Gasteiger partial charge in [0.05, 0.1) is 19.4 Å². The normalized spacial score (nSPS) is 10.8. The number of amides is 1. The maximum Gasteiger partial charge on any atom is 0.331 e. The smallest absolute Gasteiger partial charge is 0.331 e. The third kappa shape index (κ3) is 8.50. The van der Waals surface area contributed by atoms with Crippen LogP contribution < -0.4 is 14.2 Å². The number of likely N-dealkylation sites (N-methyl/N-ethyl adjacent to an activating group) is 1. The molecular formula is C27H28FNO7. The van der Waals surface area contributed by atoms with E-state index in [-0.39, 0.29) is 38.1 Å². The van der Waals surface area contributed by atoms with E-state index in [1.807, 2.05) is 6.92 Å². The fourth-order valence-electron chi connectivity index (χ4n) is 3.04. The highest BCUT2D eigenvalue weighted by Gasteiger charge is 2.13. The van der Waals surface area contributed by atoms with Gasteiger partial charge in [-0.25, -0.2) is 9.18 Å². The molecule has 0 saturated carbocycles. The SMILES string of the molecule is CCOc1cc(/C=C/C(=O)OCC(=O)N(C)Cc2ccco2)ccc1OCCOc1ccc(F)cc1. The molecule has 0 radical (unpaired) electrons. The van der Waals surface area contributed by atoms with Crippen LogP contribution in [0.3, 0.4) is 0 Å². The first-order valence-electron chi connectivity index (χ1n) is 11.3. The summed E-state index contributed by atoms with van der Waals surface area (Å²) in [6.45, 7) is 2.69. The zero-order chi connectivity index (χ0) is 25.8. The Morgan fingerprint density at radius 2 is 1.78 bits per heavy atom. The summed E-state index contributed by atoms with van der Waals surface area (Å²) < 4.78 is 40.1. The number of hydrogen-bond acceptors (Lipinski definition) is 7. The van der Waals surface area contributed by atoms with Gasteiger partial charge in [0.15, 0.2) is 18.1 Å². The van der Waals surface area contributed by atoms with Gasteiger partial charge in [-0.15, -0.1) is 0 Å². The van der Waals surface area contributed by atoms with Gasteiger partial charge in [0.25, 0.3) is 5.91 Å². The molecule has 0 bridgehead atoms. The van der Waals surface area contributed by atoms with Crippen molar-refractivity contribution < 1.29 is 37.3 Å². The maximum absolute atomic E-state index is 13.0. The van der Waals surface area contributed by atoms with Crippen LogP contribution in [0.4, 0.5) is 4.39 Å². The fraction of sp³-hybridized carbons (Fsp3) is 0.259. The van der Waals surface area contributed by atoms with Crippen molar-refractivity contribution in [2.75, 3.05) is 33.5 Å². The highest BCUT2D eigenvalue weighted by atomic mass is 19.1. The largest absolute Gasteiger partial charge is 0.490 e. The number of hydrogen-bond donors (Lipinski definition) is 0. The number of benzene rings is 2. The van der Waals surface area contributed by atoms with Crippen LogP contribution in [0.25, 0.3) is 6.08 Å². The van der Waals surface area contributed by atoms with Gasteiger partial charge in [-0.3, -0.25) is 4.79 Å². The molecule has 9 heteroatoms. The first-order valence-corrected chi connectivity index (χ1v) is 11.3. The third-order valence-corrected chi connectivity index (χ3v) is 4.84. The van der Waals surface area contributed by atoms with E-state index in [0.29, 0.717) is 35.2 Å². The summed E-state index contributed by atoms with van der Waals surface area (Å²) in [5.41, 5.74) is 0.687. The minimum atomic E-state index is -0.647. The molecule has 0 spiro atoms. The van der Waals surface area contributed by atoms with Gasteiger partial charge >= 0.3 is 5.97 Å². The molecule has 8 nitrogen and oxygen atoms in total. The summed E-state index contributed by atoms with van der Waals surface area (Å²) in [7, 11) is 1.60. The van der Waals surface area contributed by atoms with E-state index < -0.39 is 5.97 Å². The second-order valence-corrected chi connectivity index (χ2v) is 7.56. The Hall–Kier alpha value is -4.27. The van der Waals surface area contributed by atoms with Crippen molar-refractivity contribution in [3.05, 3.63) is 84.1 Å². The average molecular weight is 498 g/mol. The molecule has 0 aliphatic rings. The van der Waals surface area contributed by atoms with Crippen LogP contribution in [0.5, 0.6) is 17.2 Å². The van der Waals surface area contributed by atoms with Gasteiger partial charge in [-0.1, -0.05) is 6.07 Å². The Labute approximate surface area is 208 Å². The molecule has 0 aliphatic heterocycles. The molecule has 3 rings (SSSR count). The van der Waals surface area contributed by atoms with Crippen LogP contribution >= 0.6 is 0 Å². The number of rotatable bonds is 13. The molecule has 0 aliphatic carbocycles. The molecule has 36 heavy (non-hydrogen) atoms. The van der Waals surface area contributed by atoms with Crippen LogP contribution in [0.2, 0.25) is 0 Å². The first kappa shape index (κ1) is 26.3. The van der Waals surface area contributed by atoms with Crippen molar-refractivity contribution in [2.24, 2.45) is 0 Å². The van der Waals surface area contributed by atoms with E-state index in [4.69, 9.17) is 23.4 Å². The summed E-state index contributed by atoms with van der Waals surface area (Å²) in [6, 6.07) is 14.4. The van der Waals surface area contributed by atoms with Crippen molar-refractivity contribution in [2.45, 2.75) is 13.5 Å². The number of carbonyl (C=O) groups is 2. The van der Waals surface area contributed by atoms with Crippen LogP contribution in [0.1, 0.15) is 18.2 Å². The second-order valence-electron chi connectivity index (χ2n) is 7.56. The summed E-state index contributed by atoms with van der Waals surface area (Å²) in [5, 5.41) is 0. The average Bonchev–Trinajstić information content (AvgIpc) is 3.39. The topological polar surface area (TPSA) is 87.4 Å². The Morgan fingerprint density at radius 3 is 2.50 bits per heavy atom. The van der Waals surface area contributed by atoms with Crippen LogP contribution in [0.15, 0.2) is 71.4 Å². The number of ether oxygens (including phenoxy) is 4. The molecule has 190 valence electrons. The number of carbonyl (C=O) groups excluding carboxylic acids is 2. The van der Waals surface area contributed by atoms with Crippen molar-refractivity contribution in [3.63, 3.8) is 0 Å². The molecule has 0 saturated heterocycles. The van der Waals surface area contributed by atoms with Gasteiger partial charge < -0.3 is 28.3 Å². The Balaban J connectivity index is 1.47. The monoisotopic (exact) mass is 497 g/mol. The number of furan rings is 1. The van der Waals surface area contributed by atoms with Gasteiger partial charge in [-0.2, -0.15) is 0 Å². The zero-order valence-electron chi connectivity index (χ0n) is 20.1. The molecule has 3 aromatic rings. The van der Waals surface area contributed by atoms with Crippen molar-refractivity contribution in [1.82, 2.24) is 4.90 Å². The van der Waals surface area contributed by atoms with E-state index in [1.54, 1.807) is 55.6 Å². The predicted molar refractivity (Wildman–Crippen MR) is 130 cm³/mol. The van der Waals surface area contributed by atoms with Gasteiger partial charge in [-0.05, 0) is 67.1 Å². The fourth-order valence-corrected chi connectivity index (χ4v) is 3.04. The summed E-state index contributed by atoms with van der Waals surface area (Å²) >= 11 is 0. The van der Waals surface area contributed by atoms with E-state index in [2.05, 4.69) is 0 Å². The Bertz CT molecular complexity index is 1140. The summed E-state index contributed by atoms with van der Waals surface area (Å²) in [4.78, 5) is 25.6. The van der Waals surface area contributed by atoms with Crippen molar-refractivity contribution in [1.29, 1.82) is 0 Å². The zero-order valence-corrected chi connectivity index (χ0v) is 20.1. The van der Waals surface area contributed by atoms with E-state index in [9.17, 15) is 14.0 Å². The molecule has 1 amide bonds. The number of halogens is 1. The lowest BCUT2D eigenvalue weighted by Gasteiger charge is -2.15. The van der Waals surface area contributed by atoms with Crippen LogP contribution in [-0.2, 0) is 20.9 Å². The molecule has 0 fully saturated rings. The minimum Gasteiger partial charge on any atom is -0.490 e. The number of nitrogens with zero attached hydrogens (tertiary/aromatic N) is 1. The lowest BCUT2D eigenvalue weighted by molar-refractivity contribution is -0.147. The van der Waals surface area contributed by atoms with Gasteiger partial charge in [0, 0.05) is 13.1 Å². The molecule has 2 aromatic carbocycles. The highest BCUT2D eigenvalue weighted by molar-refractivity contribution is 5.89. The summed E-state index contributed by atoms with van der Waals surface area (Å²) in [5.74, 6) is 0.875. The molecule has 0 N–H and O–H groups in total. The maximum atomic E-state index is 13.0. The van der Waals surface area contributed by atoms with Gasteiger partial charge in [0.2, 0.25) is 0 Å². The lowest BCUT2D eigenvalue weighted by atomic mass is 10.2. The second kappa shape index (κ2) is 13.6. The Morgan fingerprint density at radius 1 is 1.00 bits per heavy atom. The lowest BCUT2D eigenvalue weighted by Crippen LogP contribution is -2.30. The molecule has 0 atom stereocenters. The molecule has 1 heterocycles. The molecule has 0 unspecified atom stereocenters. The van der Waals surface area contributed by atoms with E-state index in [0.717, 1.165) is 0 Å². The minimum absolute atomic E-state index is 0.251. The summed E-state index contributed by atoms with van der Waals surface area (Å²) in [6.07, 6.45) is 4.32. The van der Waals surface area contributed by atoms with E-state index in [1.165, 1.54) is 29.4 Å². The van der Waals surface area contributed by atoms with E-state index >= 15 is 0 Å². The van der Waals surface area contributed by atoms with Crippen molar-refractivity contribution >= 4 is 18.0 Å². The highest BCUT2D eigenvalue weighted by Crippen LogP contribution is 2.29. The van der Waals surface area contributed by atoms with Gasteiger partial charge in [0.1, 0.15) is 30.5 Å². The van der Waals surface area contributed by atoms with Crippen LogP contribution in [0, 0.1) is 5.82 Å². The van der Waals surface area contributed by atoms with Crippen LogP contribution in [-0.4, -0.2) is 50.3 Å². The standard InChI is InChI=1S/C27H28FNO7/c1-3-32-25-17-20(6-12-24(25)35-16-15-34-22-10-8-21(28)9-11-22)7-13-27(31)36-19-26(30)29(2)18-23-5-4-14-33-23/h4-14,17H,3,15-16,18-19H2,1-2H3/b13-7+. The Kier molecular flexibility index (Phi) is 9.93. The molecular weight excluding hydrogens is 469 g/mol. The quantitative estimate of drug-likeness (QED) is 0.195. The third-order valence-electron chi connectivity index (χ3n) is 4.84. The number of esters is 1. The first-order chi connectivity index (χ1) is 17.4. The molecule has 1 aromatic heterocycles. The van der Waals surface area contributed by atoms with Crippen molar-refractivity contribution in [3.8, 4) is 17.2 Å². The predicted octanol–water partition coefficient (Wildman–Crippen LogP) is 4.49.